The maximum Gasteiger partial charge on any atom is 0.191 e. The van der Waals surface area contributed by atoms with Gasteiger partial charge in [0.1, 0.15) is 12.4 Å². The number of benzene rings is 1. The third kappa shape index (κ3) is 5.85. The number of nitrogens with one attached hydrogen (secondary N) is 2. The normalized spacial score (nSPS) is 11.4. The maximum absolute atomic E-state index is 5.72. The summed E-state index contributed by atoms with van der Waals surface area (Å²) >= 11 is 1.76. The zero-order chi connectivity index (χ0) is 17.4. The third-order valence-corrected chi connectivity index (χ3v) is 4.71. The van der Waals surface area contributed by atoms with Crippen LogP contribution in [0.1, 0.15) is 21.1 Å². The lowest BCUT2D eigenvalue weighted by Crippen LogP contribution is -2.40. The Morgan fingerprint density at radius 1 is 1.21 bits per heavy atom. The molecule has 130 valence electrons. The number of hydrogen-bond donors (Lipinski definition) is 2. The SMILES string of the molecule is CN=C(NCCOc1cccc(C)c1)NCCc1nc(C)c(C)s1. The average molecular weight is 347 g/mol. The van der Waals surface area contributed by atoms with Crippen LogP contribution in [-0.2, 0) is 6.42 Å². The number of aromatic nitrogens is 1. The van der Waals surface area contributed by atoms with E-state index >= 15 is 0 Å². The summed E-state index contributed by atoms with van der Waals surface area (Å²) in [7, 11) is 1.77. The monoisotopic (exact) mass is 346 g/mol. The number of thiazole rings is 1. The van der Waals surface area contributed by atoms with Crippen LogP contribution in [0.15, 0.2) is 29.3 Å². The molecule has 0 amide bonds. The Morgan fingerprint density at radius 3 is 2.67 bits per heavy atom. The van der Waals surface area contributed by atoms with E-state index in [-0.39, 0.29) is 0 Å². The van der Waals surface area contributed by atoms with Gasteiger partial charge in [-0.05, 0) is 38.5 Å². The van der Waals surface area contributed by atoms with Gasteiger partial charge in [0, 0.05) is 24.9 Å². The lowest BCUT2D eigenvalue weighted by atomic mass is 10.2. The molecule has 0 aliphatic rings. The van der Waals surface area contributed by atoms with Crippen LogP contribution < -0.4 is 15.4 Å². The zero-order valence-corrected chi connectivity index (χ0v) is 15.7. The summed E-state index contributed by atoms with van der Waals surface area (Å²) in [6.07, 6.45) is 0.903. The first kappa shape index (κ1) is 18.3. The molecule has 0 atom stereocenters. The van der Waals surface area contributed by atoms with Crippen molar-refractivity contribution in [3.63, 3.8) is 0 Å². The van der Waals surface area contributed by atoms with Crippen molar-refractivity contribution in [2.45, 2.75) is 27.2 Å². The van der Waals surface area contributed by atoms with Gasteiger partial charge in [0.15, 0.2) is 5.96 Å². The molecule has 0 saturated carbocycles. The highest BCUT2D eigenvalue weighted by molar-refractivity contribution is 7.11. The molecular weight excluding hydrogens is 320 g/mol. The third-order valence-electron chi connectivity index (χ3n) is 3.58. The molecule has 0 unspecified atom stereocenters. The fourth-order valence-electron chi connectivity index (χ4n) is 2.20. The van der Waals surface area contributed by atoms with Gasteiger partial charge in [0.25, 0.3) is 0 Å². The van der Waals surface area contributed by atoms with Gasteiger partial charge in [0.05, 0.1) is 17.2 Å². The molecule has 0 fully saturated rings. The van der Waals surface area contributed by atoms with Gasteiger partial charge in [-0.15, -0.1) is 11.3 Å². The van der Waals surface area contributed by atoms with Crippen molar-refractivity contribution in [3.8, 4) is 5.75 Å². The Hall–Kier alpha value is -2.08. The minimum Gasteiger partial charge on any atom is -0.492 e. The van der Waals surface area contributed by atoms with E-state index in [4.69, 9.17) is 4.74 Å². The van der Waals surface area contributed by atoms with Gasteiger partial charge in [0.2, 0.25) is 0 Å². The van der Waals surface area contributed by atoms with E-state index in [2.05, 4.69) is 47.4 Å². The number of aliphatic imine (C=N–C) groups is 1. The summed E-state index contributed by atoms with van der Waals surface area (Å²) in [5.41, 5.74) is 2.33. The first-order valence-corrected chi connectivity index (χ1v) is 8.97. The number of nitrogens with zero attached hydrogens (tertiary/aromatic N) is 2. The summed E-state index contributed by atoms with van der Waals surface area (Å²) < 4.78 is 5.72. The summed E-state index contributed by atoms with van der Waals surface area (Å²) in [6, 6.07) is 8.06. The summed E-state index contributed by atoms with van der Waals surface area (Å²) in [6.45, 7) is 8.32. The van der Waals surface area contributed by atoms with Gasteiger partial charge < -0.3 is 15.4 Å². The largest absolute Gasteiger partial charge is 0.492 e. The summed E-state index contributed by atoms with van der Waals surface area (Å²) in [5, 5.41) is 7.72. The van der Waals surface area contributed by atoms with E-state index in [1.54, 1.807) is 18.4 Å². The highest BCUT2D eigenvalue weighted by atomic mass is 32.1. The maximum atomic E-state index is 5.72. The van der Waals surface area contributed by atoms with Crippen LogP contribution in [0.2, 0.25) is 0 Å². The van der Waals surface area contributed by atoms with Crippen LogP contribution in [0, 0.1) is 20.8 Å². The number of aryl methyl sites for hydroxylation is 3. The van der Waals surface area contributed by atoms with E-state index in [0.717, 1.165) is 35.4 Å². The number of ether oxygens (including phenoxy) is 1. The Morgan fingerprint density at radius 2 is 2.00 bits per heavy atom. The molecule has 6 heteroatoms. The van der Waals surface area contributed by atoms with Crippen molar-refractivity contribution in [1.29, 1.82) is 0 Å². The Kier molecular flexibility index (Phi) is 7.06. The standard InChI is InChI=1S/C18H26N4OS/c1-13-6-5-7-16(12-13)23-11-10-21-18(19-4)20-9-8-17-22-14(2)15(3)24-17/h5-7,12H,8-11H2,1-4H3,(H2,19,20,21). The molecule has 0 spiro atoms. The van der Waals surface area contributed by atoms with E-state index in [1.165, 1.54) is 10.4 Å². The zero-order valence-electron chi connectivity index (χ0n) is 14.8. The summed E-state index contributed by atoms with van der Waals surface area (Å²) in [4.78, 5) is 10.1. The van der Waals surface area contributed by atoms with Crippen molar-refractivity contribution in [2.75, 3.05) is 26.7 Å². The van der Waals surface area contributed by atoms with Gasteiger partial charge in [-0.25, -0.2) is 4.98 Å². The van der Waals surface area contributed by atoms with Crippen LogP contribution in [0.4, 0.5) is 0 Å². The average Bonchev–Trinajstić information content (AvgIpc) is 2.88. The van der Waals surface area contributed by atoms with Gasteiger partial charge in [-0.3, -0.25) is 4.99 Å². The molecule has 1 aromatic carbocycles. The molecule has 2 aromatic rings. The van der Waals surface area contributed by atoms with Crippen LogP contribution in [-0.4, -0.2) is 37.7 Å². The highest BCUT2D eigenvalue weighted by Gasteiger charge is 2.04. The Balaban J connectivity index is 1.65. The predicted octanol–water partition coefficient (Wildman–Crippen LogP) is 2.85. The first-order chi connectivity index (χ1) is 11.6. The number of guanidine groups is 1. The van der Waals surface area contributed by atoms with E-state index in [9.17, 15) is 0 Å². The fourth-order valence-corrected chi connectivity index (χ4v) is 3.13. The van der Waals surface area contributed by atoms with Crippen LogP contribution in [0.5, 0.6) is 5.75 Å². The minimum absolute atomic E-state index is 0.592. The van der Waals surface area contributed by atoms with Crippen molar-refractivity contribution in [3.05, 3.63) is 45.4 Å². The van der Waals surface area contributed by atoms with Gasteiger partial charge in [-0.2, -0.15) is 0 Å². The highest BCUT2D eigenvalue weighted by Crippen LogP contribution is 2.16. The second-order valence-electron chi connectivity index (χ2n) is 5.59. The lowest BCUT2D eigenvalue weighted by molar-refractivity contribution is 0.321. The molecule has 2 N–H and O–H groups in total. The summed E-state index contributed by atoms with van der Waals surface area (Å²) in [5.74, 6) is 1.68. The van der Waals surface area contributed by atoms with Crippen molar-refractivity contribution < 1.29 is 4.74 Å². The van der Waals surface area contributed by atoms with Crippen LogP contribution in [0.3, 0.4) is 0 Å². The molecule has 1 aromatic heterocycles. The fraction of sp³-hybridized carbons (Fsp3) is 0.444. The van der Waals surface area contributed by atoms with Crippen LogP contribution >= 0.6 is 11.3 Å². The van der Waals surface area contributed by atoms with Crippen molar-refractivity contribution in [2.24, 2.45) is 4.99 Å². The molecule has 0 saturated heterocycles. The van der Waals surface area contributed by atoms with Gasteiger partial charge in [-0.1, -0.05) is 12.1 Å². The molecule has 5 nitrogen and oxygen atoms in total. The number of hydrogen-bond acceptors (Lipinski definition) is 4. The van der Waals surface area contributed by atoms with Crippen molar-refractivity contribution in [1.82, 2.24) is 15.6 Å². The van der Waals surface area contributed by atoms with Crippen molar-refractivity contribution >= 4 is 17.3 Å². The molecule has 0 radical (unpaired) electrons. The van der Waals surface area contributed by atoms with Gasteiger partial charge >= 0.3 is 0 Å². The molecule has 1 heterocycles. The van der Waals surface area contributed by atoms with Crippen LogP contribution in [0.25, 0.3) is 0 Å². The molecule has 0 aliphatic carbocycles. The minimum atomic E-state index is 0.592. The first-order valence-electron chi connectivity index (χ1n) is 8.15. The lowest BCUT2D eigenvalue weighted by Gasteiger charge is -2.12. The molecule has 0 aliphatic heterocycles. The topological polar surface area (TPSA) is 58.5 Å². The molecular formula is C18H26N4OS. The molecule has 0 bridgehead atoms. The van der Waals surface area contributed by atoms with E-state index in [1.807, 2.05) is 18.2 Å². The Bertz CT molecular complexity index is 662. The van der Waals surface area contributed by atoms with E-state index < -0.39 is 0 Å². The Labute approximate surface area is 148 Å². The second-order valence-corrected chi connectivity index (χ2v) is 6.88. The molecule has 24 heavy (non-hydrogen) atoms. The van der Waals surface area contributed by atoms with E-state index in [0.29, 0.717) is 13.2 Å². The molecule has 2 rings (SSSR count). The quantitative estimate of drug-likeness (QED) is 0.460. The number of rotatable bonds is 7. The second kappa shape index (κ2) is 9.27. The smallest absolute Gasteiger partial charge is 0.191 e. The predicted molar refractivity (Wildman–Crippen MR) is 101 cm³/mol.